The van der Waals surface area contributed by atoms with Crippen LogP contribution in [0, 0.1) is 6.92 Å². The minimum Gasteiger partial charge on any atom is -0.480 e. The topological polar surface area (TPSA) is 9.23 Å². The quantitative estimate of drug-likeness (QED) is 0.669. The highest BCUT2D eigenvalue weighted by Crippen LogP contribution is 2.21. The number of benzene rings is 1. The Hall–Kier alpha value is -0.550. The van der Waals surface area contributed by atoms with Crippen LogP contribution in [0.1, 0.15) is 30.9 Å². The summed E-state index contributed by atoms with van der Waals surface area (Å²) in [7, 11) is 2.28. The Morgan fingerprint density at radius 3 is 2.69 bits per heavy atom. The predicted molar refractivity (Wildman–Crippen MR) is 60.1 cm³/mol. The fourth-order valence-electron chi connectivity index (χ4n) is 1.38. The highest BCUT2D eigenvalue weighted by atomic mass is 31.0. The van der Waals surface area contributed by atoms with Gasteiger partial charge in [-0.2, -0.15) is 0 Å². The molecule has 13 heavy (non-hydrogen) atoms. The number of rotatable bonds is 4. The molecule has 0 N–H and O–H groups in total. The Kier molecular flexibility index (Phi) is 4.24. The second-order valence-corrected chi connectivity index (χ2v) is 3.56. The normalized spacial score (nSPS) is 10.1. The average Bonchev–Trinajstić information content (AvgIpc) is 2.15. The van der Waals surface area contributed by atoms with Crippen LogP contribution in [-0.2, 0) is 6.42 Å². The number of aryl methyl sites for hydroxylation is 2. The first-order valence-corrected chi connectivity index (χ1v) is 5.21. The molecule has 0 fully saturated rings. The van der Waals surface area contributed by atoms with Gasteiger partial charge < -0.3 is 4.52 Å². The molecule has 1 unspecified atom stereocenters. The maximum Gasteiger partial charge on any atom is 0.125 e. The maximum absolute atomic E-state index is 5.12. The van der Waals surface area contributed by atoms with Crippen LogP contribution in [0.4, 0.5) is 0 Å². The van der Waals surface area contributed by atoms with Gasteiger partial charge >= 0.3 is 0 Å². The Morgan fingerprint density at radius 2 is 2.15 bits per heavy atom. The summed E-state index contributed by atoms with van der Waals surface area (Å²) in [5.74, 6) is 0.949. The van der Waals surface area contributed by atoms with E-state index in [0.29, 0.717) is 0 Å². The molecule has 0 heterocycles. The van der Waals surface area contributed by atoms with Crippen LogP contribution in [0.25, 0.3) is 0 Å². The molecule has 0 spiro atoms. The monoisotopic (exact) mass is 196 g/mol. The van der Waals surface area contributed by atoms with Gasteiger partial charge in [-0.05, 0) is 37.0 Å². The van der Waals surface area contributed by atoms with Gasteiger partial charge in [0.1, 0.15) is 5.75 Å². The molecule has 1 nitrogen and oxygen atoms in total. The van der Waals surface area contributed by atoms with Gasteiger partial charge in [-0.15, -0.1) is 0 Å². The van der Waals surface area contributed by atoms with E-state index in [2.05, 4.69) is 35.4 Å². The lowest BCUT2D eigenvalue weighted by Crippen LogP contribution is -1.87. The van der Waals surface area contributed by atoms with E-state index in [0.717, 1.165) is 5.75 Å². The van der Waals surface area contributed by atoms with Crippen LogP contribution in [0.15, 0.2) is 18.2 Å². The number of unbranched alkanes of at least 4 members (excludes halogenated alkanes) is 1. The first-order chi connectivity index (χ1) is 6.27. The van der Waals surface area contributed by atoms with Crippen molar-refractivity contribution in [3.05, 3.63) is 29.3 Å². The van der Waals surface area contributed by atoms with Crippen molar-refractivity contribution in [2.24, 2.45) is 0 Å². The van der Waals surface area contributed by atoms with Crippen LogP contribution in [0.2, 0.25) is 0 Å². The summed E-state index contributed by atoms with van der Waals surface area (Å²) in [6.45, 7) is 4.29. The van der Waals surface area contributed by atoms with E-state index >= 15 is 0 Å². The highest BCUT2D eigenvalue weighted by molar-refractivity contribution is 7.10. The molecule has 0 aromatic heterocycles. The van der Waals surface area contributed by atoms with Crippen LogP contribution < -0.4 is 4.52 Å². The van der Waals surface area contributed by atoms with Crippen molar-refractivity contribution >= 4 is 9.47 Å². The van der Waals surface area contributed by atoms with Crippen molar-refractivity contribution in [2.75, 3.05) is 0 Å². The summed E-state index contributed by atoms with van der Waals surface area (Å²) < 4.78 is 5.12. The van der Waals surface area contributed by atoms with Gasteiger partial charge in [-0.3, -0.25) is 0 Å². The van der Waals surface area contributed by atoms with Crippen LogP contribution in [0.3, 0.4) is 0 Å². The molecule has 1 rings (SSSR count). The number of hydrogen-bond acceptors (Lipinski definition) is 1. The molecule has 1 atom stereocenters. The first kappa shape index (κ1) is 10.5. The molecule has 1 aromatic carbocycles. The molecule has 0 aliphatic rings. The highest BCUT2D eigenvalue weighted by Gasteiger charge is 1.98. The van der Waals surface area contributed by atoms with Gasteiger partial charge in [-0.25, -0.2) is 0 Å². The first-order valence-electron chi connectivity index (χ1n) is 4.74. The fraction of sp³-hybridized carbons (Fsp3) is 0.455. The Morgan fingerprint density at radius 1 is 1.38 bits per heavy atom. The summed E-state index contributed by atoms with van der Waals surface area (Å²) in [4.78, 5) is 0. The maximum atomic E-state index is 5.12. The van der Waals surface area contributed by atoms with E-state index in [1.165, 1.54) is 30.4 Å². The zero-order valence-electron chi connectivity index (χ0n) is 8.34. The molecular formula is C11H17OP. The van der Waals surface area contributed by atoms with Gasteiger partial charge in [0, 0.05) is 0 Å². The zero-order valence-corrected chi connectivity index (χ0v) is 9.49. The van der Waals surface area contributed by atoms with E-state index in [4.69, 9.17) is 4.52 Å². The summed E-state index contributed by atoms with van der Waals surface area (Å²) in [6.07, 6.45) is 3.69. The van der Waals surface area contributed by atoms with Gasteiger partial charge in [-0.1, -0.05) is 25.5 Å². The molecular weight excluding hydrogens is 179 g/mol. The van der Waals surface area contributed by atoms with Crippen molar-refractivity contribution < 1.29 is 4.52 Å². The summed E-state index contributed by atoms with van der Waals surface area (Å²) >= 11 is 0. The SMILES string of the molecule is CCCCc1ccc(OP)c(C)c1. The van der Waals surface area contributed by atoms with E-state index < -0.39 is 0 Å². The van der Waals surface area contributed by atoms with E-state index in [9.17, 15) is 0 Å². The minimum atomic E-state index is 0.949. The summed E-state index contributed by atoms with van der Waals surface area (Å²) in [5.41, 5.74) is 2.62. The van der Waals surface area contributed by atoms with Crippen molar-refractivity contribution in [1.82, 2.24) is 0 Å². The Bertz CT molecular complexity index is 271. The minimum absolute atomic E-state index is 0.949. The fourth-order valence-corrected chi connectivity index (χ4v) is 1.64. The third-order valence-corrected chi connectivity index (χ3v) is 2.44. The lowest BCUT2D eigenvalue weighted by atomic mass is 10.1. The number of hydrogen-bond donors (Lipinski definition) is 0. The van der Waals surface area contributed by atoms with E-state index in [1.54, 1.807) is 0 Å². The second-order valence-electron chi connectivity index (χ2n) is 3.32. The Balaban J connectivity index is 2.71. The molecule has 1 aromatic rings. The van der Waals surface area contributed by atoms with Crippen molar-refractivity contribution in [2.45, 2.75) is 33.1 Å². The third kappa shape index (κ3) is 3.00. The lowest BCUT2D eigenvalue weighted by Gasteiger charge is -2.06. The molecule has 0 saturated carbocycles. The third-order valence-electron chi connectivity index (χ3n) is 2.19. The standard InChI is InChI=1S/C11H17OP/c1-3-4-5-10-6-7-11(12-13)9(2)8-10/h6-8H,3-5,13H2,1-2H3. The van der Waals surface area contributed by atoms with Crippen LogP contribution in [0.5, 0.6) is 5.75 Å². The lowest BCUT2D eigenvalue weighted by molar-refractivity contribution is 0.638. The summed E-state index contributed by atoms with van der Waals surface area (Å²) in [5, 5.41) is 0. The molecule has 0 saturated heterocycles. The average molecular weight is 196 g/mol. The molecule has 0 bridgehead atoms. The van der Waals surface area contributed by atoms with E-state index in [-0.39, 0.29) is 0 Å². The Labute approximate surface area is 82.8 Å². The second kappa shape index (κ2) is 5.24. The molecule has 0 aliphatic carbocycles. The smallest absolute Gasteiger partial charge is 0.125 e. The van der Waals surface area contributed by atoms with Crippen molar-refractivity contribution in [3.63, 3.8) is 0 Å². The molecule has 0 aliphatic heterocycles. The van der Waals surface area contributed by atoms with Gasteiger partial charge in [0.2, 0.25) is 0 Å². The predicted octanol–water partition coefficient (Wildman–Crippen LogP) is 3.51. The summed E-state index contributed by atoms with van der Waals surface area (Å²) in [6, 6.07) is 6.38. The van der Waals surface area contributed by atoms with Gasteiger partial charge in [0.25, 0.3) is 0 Å². The zero-order chi connectivity index (χ0) is 9.68. The van der Waals surface area contributed by atoms with E-state index in [1.807, 2.05) is 6.07 Å². The molecule has 72 valence electrons. The molecule has 2 heteroatoms. The molecule has 0 radical (unpaired) electrons. The van der Waals surface area contributed by atoms with Crippen LogP contribution in [-0.4, -0.2) is 0 Å². The molecule has 0 amide bonds. The van der Waals surface area contributed by atoms with Gasteiger partial charge in [0.05, 0.1) is 9.47 Å². The van der Waals surface area contributed by atoms with Crippen LogP contribution >= 0.6 is 9.47 Å². The largest absolute Gasteiger partial charge is 0.480 e. The van der Waals surface area contributed by atoms with Crippen molar-refractivity contribution in [3.8, 4) is 5.75 Å². The van der Waals surface area contributed by atoms with Gasteiger partial charge in [0.15, 0.2) is 0 Å². The van der Waals surface area contributed by atoms with Crippen molar-refractivity contribution in [1.29, 1.82) is 0 Å².